The summed E-state index contributed by atoms with van der Waals surface area (Å²) in [5, 5.41) is 5.65. The van der Waals surface area contributed by atoms with Crippen LogP contribution in [0.25, 0.3) is 0 Å². The van der Waals surface area contributed by atoms with Crippen LogP contribution in [0.4, 0.5) is 5.69 Å². The third kappa shape index (κ3) is 5.21. The van der Waals surface area contributed by atoms with E-state index in [0.29, 0.717) is 12.4 Å². The van der Waals surface area contributed by atoms with Crippen molar-refractivity contribution >= 4 is 29.1 Å². The molecule has 1 aromatic carbocycles. The van der Waals surface area contributed by atoms with Gasteiger partial charge >= 0.3 is 0 Å². The Bertz CT molecular complexity index is 475. The van der Waals surface area contributed by atoms with Crippen LogP contribution in [0.3, 0.4) is 0 Å². The zero-order valence-corrected chi connectivity index (χ0v) is 12.8. The standard InChI is InChI=1S/C15H21ClN2O2/c1-10(2)14(19)18-13-6-4-5-12(7-13)9-17-15(20)11(3)8-16/h4-7,10-11H,8-9H2,1-3H3,(H,17,20)(H,18,19). The van der Waals surface area contributed by atoms with Crippen LogP contribution >= 0.6 is 11.6 Å². The van der Waals surface area contributed by atoms with Crippen LogP contribution in [-0.2, 0) is 16.1 Å². The molecule has 2 N–H and O–H groups in total. The molecule has 1 unspecified atom stereocenters. The molecular formula is C15H21ClN2O2. The van der Waals surface area contributed by atoms with Crippen molar-refractivity contribution in [2.45, 2.75) is 27.3 Å². The van der Waals surface area contributed by atoms with Gasteiger partial charge in [-0.25, -0.2) is 0 Å². The molecule has 0 heterocycles. The lowest BCUT2D eigenvalue weighted by atomic mass is 10.1. The number of benzene rings is 1. The maximum Gasteiger partial charge on any atom is 0.226 e. The summed E-state index contributed by atoms with van der Waals surface area (Å²) in [5.74, 6) is -0.0713. The maximum atomic E-state index is 11.6. The molecule has 1 rings (SSSR count). The van der Waals surface area contributed by atoms with E-state index >= 15 is 0 Å². The van der Waals surface area contributed by atoms with Gasteiger partial charge in [-0.3, -0.25) is 9.59 Å². The third-order valence-corrected chi connectivity index (χ3v) is 3.33. The van der Waals surface area contributed by atoms with Crippen LogP contribution < -0.4 is 10.6 Å². The molecular weight excluding hydrogens is 276 g/mol. The number of halogens is 1. The third-order valence-electron chi connectivity index (χ3n) is 2.86. The van der Waals surface area contributed by atoms with Gasteiger partial charge in [0.05, 0.1) is 0 Å². The normalized spacial score (nSPS) is 12.1. The van der Waals surface area contributed by atoms with Gasteiger partial charge in [-0.2, -0.15) is 0 Å². The van der Waals surface area contributed by atoms with E-state index in [9.17, 15) is 9.59 Å². The fourth-order valence-electron chi connectivity index (χ4n) is 1.48. The van der Waals surface area contributed by atoms with Crippen molar-refractivity contribution < 1.29 is 9.59 Å². The number of amides is 2. The maximum absolute atomic E-state index is 11.6. The lowest BCUT2D eigenvalue weighted by molar-refractivity contribution is -0.124. The average Bonchev–Trinajstić information content (AvgIpc) is 2.44. The Labute approximate surface area is 124 Å². The van der Waals surface area contributed by atoms with E-state index in [1.165, 1.54) is 0 Å². The number of hydrogen-bond acceptors (Lipinski definition) is 2. The molecule has 0 saturated carbocycles. The number of rotatable bonds is 6. The van der Waals surface area contributed by atoms with Gasteiger partial charge in [0.15, 0.2) is 0 Å². The van der Waals surface area contributed by atoms with Crippen LogP contribution in [0.15, 0.2) is 24.3 Å². The lowest BCUT2D eigenvalue weighted by Crippen LogP contribution is -2.29. The first-order chi connectivity index (χ1) is 9.43. The van der Waals surface area contributed by atoms with Crippen molar-refractivity contribution in [3.8, 4) is 0 Å². The SMILES string of the molecule is CC(C)C(=O)Nc1cccc(CNC(=O)C(C)CCl)c1. The summed E-state index contributed by atoms with van der Waals surface area (Å²) in [6.45, 7) is 5.88. The Morgan fingerprint density at radius 2 is 1.90 bits per heavy atom. The molecule has 0 spiro atoms. The predicted octanol–water partition coefficient (Wildman–Crippen LogP) is 2.77. The summed E-state index contributed by atoms with van der Waals surface area (Å²) < 4.78 is 0. The lowest BCUT2D eigenvalue weighted by Gasteiger charge is -2.11. The van der Waals surface area contributed by atoms with Gasteiger partial charge in [-0.15, -0.1) is 11.6 Å². The molecule has 2 amide bonds. The quantitative estimate of drug-likeness (QED) is 0.793. The molecule has 0 aliphatic heterocycles. The van der Waals surface area contributed by atoms with Crippen LogP contribution in [0, 0.1) is 11.8 Å². The summed E-state index contributed by atoms with van der Waals surface area (Å²) in [6.07, 6.45) is 0. The first kappa shape index (κ1) is 16.5. The summed E-state index contributed by atoms with van der Waals surface area (Å²) in [5.41, 5.74) is 1.67. The van der Waals surface area contributed by atoms with Crippen LogP contribution in [0.1, 0.15) is 26.3 Å². The van der Waals surface area contributed by atoms with Crippen LogP contribution in [0.2, 0.25) is 0 Å². The average molecular weight is 297 g/mol. The van der Waals surface area contributed by atoms with Gasteiger partial charge in [0.25, 0.3) is 0 Å². The van der Waals surface area contributed by atoms with Crippen molar-refractivity contribution in [2.24, 2.45) is 11.8 Å². The largest absolute Gasteiger partial charge is 0.352 e. The number of hydrogen-bond donors (Lipinski definition) is 2. The minimum absolute atomic E-state index is 0.0260. The fourth-order valence-corrected chi connectivity index (χ4v) is 1.62. The molecule has 4 nitrogen and oxygen atoms in total. The Kier molecular flexibility index (Phi) is 6.52. The van der Waals surface area contributed by atoms with Gasteiger partial charge in [-0.05, 0) is 17.7 Å². The van der Waals surface area contributed by atoms with Crippen molar-refractivity contribution in [3.63, 3.8) is 0 Å². The molecule has 0 saturated heterocycles. The van der Waals surface area contributed by atoms with Gasteiger partial charge in [0.1, 0.15) is 0 Å². The summed E-state index contributed by atoms with van der Waals surface area (Å²) in [6, 6.07) is 7.43. The van der Waals surface area contributed by atoms with E-state index in [1.807, 2.05) is 38.1 Å². The molecule has 0 fully saturated rings. The van der Waals surface area contributed by atoms with Crippen molar-refractivity contribution in [2.75, 3.05) is 11.2 Å². The van der Waals surface area contributed by atoms with E-state index in [-0.39, 0.29) is 23.7 Å². The summed E-state index contributed by atoms with van der Waals surface area (Å²) in [7, 11) is 0. The molecule has 0 aromatic heterocycles. The number of nitrogens with one attached hydrogen (secondary N) is 2. The highest BCUT2D eigenvalue weighted by molar-refractivity contribution is 6.19. The first-order valence-electron chi connectivity index (χ1n) is 6.67. The second-order valence-corrected chi connectivity index (χ2v) is 5.43. The molecule has 0 bridgehead atoms. The Morgan fingerprint density at radius 1 is 1.20 bits per heavy atom. The van der Waals surface area contributed by atoms with E-state index in [4.69, 9.17) is 11.6 Å². The Hall–Kier alpha value is -1.55. The van der Waals surface area contributed by atoms with Crippen molar-refractivity contribution in [1.82, 2.24) is 5.32 Å². The van der Waals surface area contributed by atoms with E-state index in [1.54, 1.807) is 6.92 Å². The van der Waals surface area contributed by atoms with Gasteiger partial charge in [0, 0.05) is 29.9 Å². The van der Waals surface area contributed by atoms with Crippen molar-refractivity contribution in [3.05, 3.63) is 29.8 Å². The molecule has 0 aliphatic carbocycles. The van der Waals surface area contributed by atoms with Gasteiger partial charge in [-0.1, -0.05) is 32.9 Å². The number of carbonyl (C=O) groups is 2. The Morgan fingerprint density at radius 3 is 2.50 bits per heavy atom. The molecule has 0 radical (unpaired) electrons. The minimum Gasteiger partial charge on any atom is -0.352 e. The summed E-state index contributed by atoms with van der Waals surface area (Å²) >= 11 is 5.63. The molecule has 0 aliphatic rings. The van der Waals surface area contributed by atoms with Crippen LogP contribution in [-0.4, -0.2) is 17.7 Å². The number of alkyl halides is 1. The molecule has 110 valence electrons. The molecule has 1 aromatic rings. The minimum atomic E-state index is -0.208. The second kappa shape index (κ2) is 7.90. The highest BCUT2D eigenvalue weighted by atomic mass is 35.5. The highest BCUT2D eigenvalue weighted by Crippen LogP contribution is 2.12. The highest BCUT2D eigenvalue weighted by Gasteiger charge is 2.11. The monoisotopic (exact) mass is 296 g/mol. The smallest absolute Gasteiger partial charge is 0.226 e. The predicted molar refractivity (Wildman–Crippen MR) is 81.6 cm³/mol. The number of carbonyl (C=O) groups excluding carboxylic acids is 2. The van der Waals surface area contributed by atoms with E-state index < -0.39 is 0 Å². The topological polar surface area (TPSA) is 58.2 Å². The first-order valence-corrected chi connectivity index (χ1v) is 7.21. The van der Waals surface area contributed by atoms with Crippen molar-refractivity contribution in [1.29, 1.82) is 0 Å². The zero-order valence-electron chi connectivity index (χ0n) is 12.1. The second-order valence-electron chi connectivity index (χ2n) is 5.12. The Balaban J connectivity index is 2.60. The van der Waals surface area contributed by atoms with Crippen LogP contribution in [0.5, 0.6) is 0 Å². The molecule has 1 atom stereocenters. The molecule has 5 heteroatoms. The zero-order chi connectivity index (χ0) is 15.1. The fraction of sp³-hybridized carbons (Fsp3) is 0.467. The van der Waals surface area contributed by atoms with Gasteiger partial charge in [0.2, 0.25) is 11.8 Å². The molecule has 20 heavy (non-hydrogen) atoms. The summed E-state index contributed by atoms with van der Waals surface area (Å²) in [4.78, 5) is 23.3. The van der Waals surface area contributed by atoms with Gasteiger partial charge < -0.3 is 10.6 Å². The van der Waals surface area contributed by atoms with E-state index in [0.717, 1.165) is 11.3 Å². The number of anilines is 1. The van der Waals surface area contributed by atoms with E-state index in [2.05, 4.69) is 10.6 Å².